The van der Waals surface area contributed by atoms with Crippen LogP contribution in [0.25, 0.3) is 0 Å². The maximum absolute atomic E-state index is 12.5. The lowest BCUT2D eigenvalue weighted by Gasteiger charge is -2.35. The zero-order chi connectivity index (χ0) is 14.6. The van der Waals surface area contributed by atoms with Crippen molar-refractivity contribution in [3.05, 3.63) is 0 Å². The first-order chi connectivity index (χ1) is 8.89. The first-order valence-corrected chi connectivity index (χ1v) is 8.73. The summed E-state index contributed by atoms with van der Waals surface area (Å²) in [5.74, 6) is 0.845. The van der Waals surface area contributed by atoms with Crippen molar-refractivity contribution < 1.29 is 4.79 Å². The molecule has 0 saturated carbocycles. The molecule has 0 aromatic carbocycles. The summed E-state index contributed by atoms with van der Waals surface area (Å²) in [6.45, 7) is 11.8. The Balaban J connectivity index is 2.75. The second kappa shape index (κ2) is 6.98. The highest BCUT2D eigenvalue weighted by atomic mass is 32.2. The highest BCUT2D eigenvalue weighted by molar-refractivity contribution is 8.00. The minimum absolute atomic E-state index is 0.0169. The normalized spacial score (nSPS) is 24.6. The molecule has 0 aromatic rings. The van der Waals surface area contributed by atoms with Gasteiger partial charge in [0.25, 0.3) is 0 Å². The van der Waals surface area contributed by atoms with Crippen LogP contribution in [0.15, 0.2) is 0 Å². The molecule has 1 rings (SSSR count). The van der Waals surface area contributed by atoms with Crippen LogP contribution in [-0.2, 0) is 4.79 Å². The van der Waals surface area contributed by atoms with E-state index in [1.807, 2.05) is 11.8 Å². The van der Waals surface area contributed by atoms with Crippen molar-refractivity contribution in [2.75, 3.05) is 12.8 Å². The van der Waals surface area contributed by atoms with Crippen molar-refractivity contribution in [1.82, 2.24) is 10.2 Å². The van der Waals surface area contributed by atoms with Gasteiger partial charge in [0, 0.05) is 11.3 Å². The molecular formula is C15H30N2OS. The van der Waals surface area contributed by atoms with Crippen molar-refractivity contribution in [3.8, 4) is 0 Å². The molecule has 0 bridgehead atoms. The molecule has 1 aliphatic heterocycles. The third-order valence-corrected chi connectivity index (χ3v) is 5.95. The Kier molecular flexibility index (Phi) is 6.18. The molecule has 1 N–H and O–H groups in total. The van der Waals surface area contributed by atoms with E-state index in [1.54, 1.807) is 0 Å². The molecule has 2 unspecified atom stereocenters. The van der Waals surface area contributed by atoms with Gasteiger partial charge < -0.3 is 4.90 Å². The van der Waals surface area contributed by atoms with Gasteiger partial charge in [-0.3, -0.25) is 10.1 Å². The van der Waals surface area contributed by atoms with E-state index in [1.165, 1.54) is 0 Å². The van der Waals surface area contributed by atoms with Gasteiger partial charge in [-0.1, -0.05) is 27.7 Å². The summed E-state index contributed by atoms with van der Waals surface area (Å²) < 4.78 is 0.207. The molecule has 2 atom stereocenters. The van der Waals surface area contributed by atoms with Crippen LogP contribution in [0.2, 0.25) is 0 Å². The Morgan fingerprint density at radius 3 is 2.37 bits per heavy atom. The number of carbonyl (C=O) groups excluding carboxylic acids is 1. The van der Waals surface area contributed by atoms with E-state index in [-0.39, 0.29) is 17.0 Å². The Morgan fingerprint density at radius 2 is 1.95 bits per heavy atom. The zero-order valence-electron chi connectivity index (χ0n) is 13.3. The fraction of sp³-hybridized carbons (Fsp3) is 0.933. The molecule has 1 amide bonds. The second-order valence-corrected chi connectivity index (χ2v) is 7.36. The molecule has 4 heteroatoms. The van der Waals surface area contributed by atoms with Crippen molar-refractivity contribution in [3.63, 3.8) is 0 Å². The van der Waals surface area contributed by atoms with Crippen LogP contribution in [0.4, 0.5) is 0 Å². The Hall–Kier alpha value is -0.220. The molecular weight excluding hydrogens is 256 g/mol. The van der Waals surface area contributed by atoms with Crippen LogP contribution >= 0.6 is 11.8 Å². The van der Waals surface area contributed by atoms with Gasteiger partial charge >= 0.3 is 0 Å². The van der Waals surface area contributed by atoms with Crippen LogP contribution in [-0.4, -0.2) is 40.6 Å². The van der Waals surface area contributed by atoms with Gasteiger partial charge in [-0.25, -0.2) is 0 Å². The molecule has 1 heterocycles. The van der Waals surface area contributed by atoms with E-state index >= 15 is 0 Å². The summed E-state index contributed by atoms with van der Waals surface area (Å²) >= 11 is 1.90. The predicted molar refractivity (Wildman–Crippen MR) is 84.4 cm³/mol. The average Bonchev–Trinajstić information content (AvgIpc) is 2.62. The summed E-state index contributed by atoms with van der Waals surface area (Å²) in [5, 5.41) is 3.45. The largest absolute Gasteiger partial charge is 0.325 e. The van der Waals surface area contributed by atoms with Gasteiger partial charge in [-0.2, -0.15) is 11.8 Å². The smallest absolute Gasteiger partial charge is 0.241 e. The summed E-state index contributed by atoms with van der Waals surface area (Å²) in [6, 6.07) is 0.0169. The van der Waals surface area contributed by atoms with Crippen molar-refractivity contribution in [2.24, 2.45) is 5.92 Å². The van der Waals surface area contributed by atoms with Gasteiger partial charge in [0.2, 0.25) is 5.91 Å². The standard InChI is InChI=1S/C15H30N2OS/c1-7-15(8-2,19-6)10-17-12(5)16-13(14(17)18)9-11(3)4/h11-13,16H,7-10H2,1-6H3. The highest BCUT2D eigenvalue weighted by Gasteiger charge is 2.40. The number of nitrogens with one attached hydrogen (secondary N) is 1. The van der Waals surface area contributed by atoms with Gasteiger partial charge in [0.15, 0.2) is 0 Å². The summed E-state index contributed by atoms with van der Waals surface area (Å²) in [7, 11) is 0. The van der Waals surface area contributed by atoms with E-state index in [2.05, 4.69) is 51.1 Å². The first-order valence-electron chi connectivity index (χ1n) is 7.50. The number of hydrogen-bond acceptors (Lipinski definition) is 3. The molecule has 0 spiro atoms. The van der Waals surface area contributed by atoms with E-state index < -0.39 is 0 Å². The van der Waals surface area contributed by atoms with Crippen molar-refractivity contribution >= 4 is 17.7 Å². The van der Waals surface area contributed by atoms with E-state index in [0.717, 1.165) is 25.8 Å². The monoisotopic (exact) mass is 286 g/mol. The van der Waals surface area contributed by atoms with Crippen molar-refractivity contribution in [1.29, 1.82) is 0 Å². The number of amides is 1. The van der Waals surface area contributed by atoms with Gasteiger partial charge in [-0.15, -0.1) is 0 Å². The van der Waals surface area contributed by atoms with Gasteiger partial charge in [0.1, 0.15) is 0 Å². The topological polar surface area (TPSA) is 32.3 Å². The Labute approximate surface area is 122 Å². The Bertz CT molecular complexity index is 294. The van der Waals surface area contributed by atoms with Crippen molar-refractivity contribution in [2.45, 2.75) is 70.8 Å². The molecule has 1 saturated heterocycles. The summed E-state index contributed by atoms with van der Waals surface area (Å²) in [6.07, 6.45) is 5.48. The average molecular weight is 286 g/mol. The fourth-order valence-electron chi connectivity index (χ4n) is 2.84. The van der Waals surface area contributed by atoms with Gasteiger partial charge in [-0.05, 0) is 38.4 Å². The molecule has 0 aromatic heterocycles. The minimum atomic E-state index is 0.0169. The fourth-order valence-corrected chi connectivity index (χ4v) is 3.68. The SMILES string of the molecule is CCC(CC)(CN1C(=O)C(CC(C)C)NC1C)SC. The molecule has 1 aliphatic rings. The number of hydrogen-bond donors (Lipinski definition) is 1. The van der Waals surface area contributed by atoms with Crippen LogP contribution in [0.1, 0.15) is 53.9 Å². The maximum atomic E-state index is 12.5. The lowest BCUT2D eigenvalue weighted by atomic mass is 10.0. The van der Waals surface area contributed by atoms with E-state index in [4.69, 9.17) is 0 Å². The Morgan fingerprint density at radius 1 is 1.37 bits per heavy atom. The minimum Gasteiger partial charge on any atom is -0.325 e. The quantitative estimate of drug-likeness (QED) is 0.780. The van der Waals surface area contributed by atoms with E-state index in [9.17, 15) is 4.79 Å². The lowest BCUT2D eigenvalue weighted by Crippen LogP contribution is -2.45. The first kappa shape index (κ1) is 16.8. The van der Waals surface area contributed by atoms with Crippen LogP contribution in [0.5, 0.6) is 0 Å². The molecule has 0 aliphatic carbocycles. The molecule has 3 nitrogen and oxygen atoms in total. The van der Waals surface area contributed by atoms with Crippen LogP contribution in [0, 0.1) is 5.92 Å². The number of thioether (sulfide) groups is 1. The molecule has 1 fully saturated rings. The third-order valence-electron chi connectivity index (χ3n) is 4.38. The molecule has 0 radical (unpaired) electrons. The predicted octanol–water partition coefficient (Wildman–Crippen LogP) is 3.10. The number of nitrogens with zero attached hydrogens (tertiary/aromatic N) is 1. The third kappa shape index (κ3) is 3.88. The lowest BCUT2D eigenvalue weighted by molar-refractivity contribution is -0.130. The highest BCUT2D eigenvalue weighted by Crippen LogP contribution is 2.33. The van der Waals surface area contributed by atoms with E-state index in [0.29, 0.717) is 11.8 Å². The maximum Gasteiger partial charge on any atom is 0.241 e. The zero-order valence-corrected chi connectivity index (χ0v) is 14.1. The number of rotatable bonds is 7. The molecule has 112 valence electrons. The van der Waals surface area contributed by atoms with Crippen LogP contribution < -0.4 is 5.32 Å². The summed E-state index contributed by atoms with van der Waals surface area (Å²) in [4.78, 5) is 14.6. The molecule has 19 heavy (non-hydrogen) atoms. The van der Waals surface area contributed by atoms with Gasteiger partial charge in [0.05, 0.1) is 12.2 Å². The number of carbonyl (C=O) groups is 1. The summed E-state index contributed by atoms with van der Waals surface area (Å²) in [5.41, 5.74) is 0. The second-order valence-electron chi connectivity index (χ2n) is 6.09. The van der Waals surface area contributed by atoms with Crippen LogP contribution in [0.3, 0.4) is 0 Å².